The summed E-state index contributed by atoms with van der Waals surface area (Å²) in [6.07, 6.45) is 10.8. The second kappa shape index (κ2) is 13.8. The Labute approximate surface area is 357 Å². The van der Waals surface area contributed by atoms with Crippen LogP contribution >= 0.6 is 0 Å². The molecule has 0 amide bonds. The first-order valence-electron chi connectivity index (χ1n) is 20.4. The third kappa shape index (κ3) is 5.45. The maximum Gasteiger partial charge on any atom is 0.164 e. The van der Waals surface area contributed by atoms with Gasteiger partial charge in [-0.15, -0.1) is 0 Å². The summed E-state index contributed by atoms with van der Waals surface area (Å²) in [7, 11) is 0. The van der Waals surface area contributed by atoms with Gasteiger partial charge in [0, 0.05) is 70.0 Å². The van der Waals surface area contributed by atoms with Gasteiger partial charge in [-0.25, -0.2) is 29.9 Å². The molecule has 0 saturated carbocycles. The van der Waals surface area contributed by atoms with Crippen LogP contribution in [0.4, 0.5) is 0 Å². The summed E-state index contributed by atoms with van der Waals surface area (Å²) in [6.45, 7) is 0. The van der Waals surface area contributed by atoms with Gasteiger partial charge in [0.05, 0.1) is 33.6 Å². The quantitative estimate of drug-likeness (QED) is 0.161. The zero-order valence-corrected chi connectivity index (χ0v) is 33.2. The molecule has 13 rings (SSSR count). The molecule has 0 spiro atoms. The topological polar surface area (TPSA) is 131 Å². The molecular formula is C51H30N12. The molecule has 0 aliphatic heterocycles. The van der Waals surface area contributed by atoms with Crippen molar-refractivity contribution in [2.75, 3.05) is 0 Å². The Morgan fingerprint density at radius 3 is 0.889 bits per heavy atom. The van der Waals surface area contributed by atoms with Crippen LogP contribution in [0.25, 0.3) is 117 Å². The molecule has 0 unspecified atom stereocenters. The van der Waals surface area contributed by atoms with Crippen LogP contribution in [0.3, 0.4) is 0 Å². The molecule has 12 heteroatoms. The lowest BCUT2D eigenvalue weighted by Crippen LogP contribution is -2.04. The summed E-state index contributed by atoms with van der Waals surface area (Å²) in [5.41, 5.74) is 12.2. The van der Waals surface area contributed by atoms with E-state index in [1.54, 1.807) is 18.6 Å². The third-order valence-electron chi connectivity index (χ3n) is 11.5. The Morgan fingerprint density at radius 1 is 0.270 bits per heavy atom. The molecule has 0 saturated heterocycles. The smallest absolute Gasteiger partial charge is 0.164 e. The summed E-state index contributed by atoms with van der Waals surface area (Å²) in [5.74, 6) is 2.07. The number of benzene rings is 4. The Bertz CT molecular complexity index is 3520. The van der Waals surface area contributed by atoms with Crippen molar-refractivity contribution in [3.8, 4) is 51.2 Å². The van der Waals surface area contributed by atoms with E-state index < -0.39 is 0 Å². The zero-order valence-electron chi connectivity index (χ0n) is 33.2. The molecule has 0 fully saturated rings. The Kier molecular flexibility index (Phi) is 7.60. The van der Waals surface area contributed by atoms with Gasteiger partial charge < -0.3 is 0 Å². The van der Waals surface area contributed by atoms with Crippen LogP contribution in [0.2, 0.25) is 0 Å². The molecule has 294 valence electrons. The molecular weight excluding hydrogens is 781 g/mol. The maximum absolute atomic E-state index is 5.35. The highest BCUT2D eigenvalue weighted by Crippen LogP contribution is 2.40. The summed E-state index contributed by atoms with van der Waals surface area (Å²) in [6, 6.07) is 48.7. The van der Waals surface area contributed by atoms with Gasteiger partial charge in [0.25, 0.3) is 0 Å². The molecule has 0 N–H and O–H groups in total. The monoisotopic (exact) mass is 810 g/mol. The van der Waals surface area contributed by atoms with E-state index in [4.69, 9.17) is 44.9 Å². The fourth-order valence-corrected chi connectivity index (χ4v) is 8.86. The van der Waals surface area contributed by atoms with Gasteiger partial charge in [-0.2, -0.15) is 0 Å². The first-order chi connectivity index (χ1) is 31.2. The molecule has 0 bridgehead atoms. The molecule has 9 aromatic heterocycles. The van der Waals surface area contributed by atoms with Gasteiger partial charge in [-0.05, 0) is 127 Å². The number of hydrogen-bond acceptors (Lipinski definition) is 9. The van der Waals surface area contributed by atoms with E-state index in [0.717, 1.165) is 100.0 Å². The third-order valence-corrected chi connectivity index (χ3v) is 11.5. The van der Waals surface area contributed by atoms with E-state index >= 15 is 0 Å². The van der Waals surface area contributed by atoms with Crippen molar-refractivity contribution < 1.29 is 0 Å². The molecule has 0 aliphatic rings. The lowest BCUT2D eigenvalue weighted by atomic mass is 10.0. The molecule has 4 aromatic carbocycles. The molecule has 0 aliphatic carbocycles. The Morgan fingerprint density at radius 2 is 0.556 bits per heavy atom. The number of nitrogens with zero attached hydrogens (tertiary/aromatic N) is 12. The maximum atomic E-state index is 5.35. The predicted molar refractivity (Wildman–Crippen MR) is 246 cm³/mol. The molecule has 0 atom stereocenters. The Hall–Kier alpha value is -9.03. The summed E-state index contributed by atoms with van der Waals surface area (Å²) >= 11 is 0. The van der Waals surface area contributed by atoms with Gasteiger partial charge >= 0.3 is 0 Å². The van der Waals surface area contributed by atoms with Crippen molar-refractivity contribution in [1.29, 1.82) is 0 Å². The van der Waals surface area contributed by atoms with Crippen molar-refractivity contribution in [3.63, 3.8) is 0 Å². The van der Waals surface area contributed by atoms with Crippen molar-refractivity contribution in [3.05, 3.63) is 183 Å². The Balaban J connectivity index is 1.16. The predicted octanol–water partition coefficient (Wildman–Crippen LogP) is 10.5. The molecule has 13 aromatic rings. The van der Waals surface area contributed by atoms with E-state index in [1.807, 2.05) is 110 Å². The van der Waals surface area contributed by atoms with Crippen molar-refractivity contribution in [2.24, 2.45) is 0 Å². The van der Waals surface area contributed by atoms with Gasteiger partial charge in [-0.3, -0.25) is 28.7 Å². The number of pyridine rings is 6. The average Bonchev–Trinajstić information content (AvgIpc) is 4.06. The highest BCUT2D eigenvalue weighted by molar-refractivity contribution is 5.96. The van der Waals surface area contributed by atoms with E-state index in [1.165, 1.54) is 0 Å². The fourth-order valence-electron chi connectivity index (χ4n) is 8.86. The molecule has 0 radical (unpaired) electrons. The average molecular weight is 811 g/mol. The van der Waals surface area contributed by atoms with E-state index in [0.29, 0.717) is 17.5 Å². The van der Waals surface area contributed by atoms with Gasteiger partial charge in [0.15, 0.2) is 16.9 Å². The van der Waals surface area contributed by atoms with Gasteiger partial charge in [0.1, 0.15) is 34.0 Å². The minimum atomic E-state index is 0.688. The van der Waals surface area contributed by atoms with Crippen molar-refractivity contribution in [2.45, 2.75) is 0 Å². The van der Waals surface area contributed by atoms with E-state index in [9.17, 15) is 0 Å². The first-order valence-corrected chi connectivity index (χ1v) is 20.4. The normalized spacial score (nSPS) is 11.8. The van der Waals surface area contributed by atoms with Crippen LogP contribution in [0.15, 0.2) is 183 Å². The van der Waals surface area contributed by atoms with Crippen molar-refractivity contribution in [1.82, 2.24) is 58.6 Å². The van der Waals surface area contributed by atoms with Crippen LogP contribution in [0, 0.1) is 0 Å². The number of hydrogen-bond donors (Lipinski definition) is 0. The van der Waals surface area contributed by atoms with E-state index in [2.05, 4.69) is 68.3 Å². The minimum absolute atomic E-state index is 0.688. The van der Waals surface area contributed by atoms with E-state index in [-0.39, 0.29) is 0 Å². The first kappa shape index (κ1) is 34.8. The molecule has 63 heavy (non-hydrogen) atoms. The zero-order chi connectivity index (χ0) is 41.4. The molecule has 12 nitrogen and oxygen atoms in total. The lowest BCUT2D eigenvalue weighted by Gasteiger charge is -2.16. The summed E-state index contributed by atoms with van der Waals surface area (Å²) in [4.78, 5) is 44.9. The summed E-state index contributed by atoms with van der Waals surface area (Å²) in [5, 5.41) is 2.91. The van der Waals surface area contributed by atoms with Gasteiger partial charge in [0.2, 0.25) is 0 Å². The SMILES string of the molecule is c1cc(-n2c(-c3cc(-c4nc5cccnc5n4-c4cccc5ncccc45)cc(-c4nc5cccnc5n4-c4cccc5ncccc45)c3)nc3cccnc32)c2cccnc2c1. The lowest BCUT2D eigenvalue weighted by molar-refractivity contribution is 1.07. The second-order valence-electron chi connectivity index (χ2n) is 15.2. The number of imidazole rings is 3. The fraction of sp³-hybridized carbons (Fsp3) is 0. The number of aromatic nitrogens is 12. The van der Waals surface area contributed by atoms with Crippen LogP contribution in [-0.4, -0.2) is 58.6 Å². The standard InChI is InChI=1S/C51H30N12/c1-13-37-34(10-4-22-52-37)43(19-1)61-46(58-40-16-7-25-55-49(40)61)31-28-32(47-59-41-17-8-26-56-50(41)62(47)44-20-2-14-38-35(44)11-5-23-53-38)30-33(29-31)48-60-42-18-9-27-57-51(42)63(48)45-21-3-15-39-36(45)12-6-24-54-39/h1-30H. The number of fused-ring (bicyclic) bond motifs is 6. The van der Waals surface area contributed by atoms with Crippen LogP contribution < -0.4 is 0 Å². The van der Waals surface area contributed by atoms with Crippen LogP contribution in [0.1, 0.15) is 0 Å². The van der Waals surface area contributed by atoms with Crippen LogP contribution in [0.5, 0.6) is 0 Å². The highest BCUT2D eigenvalue weighted by Gasteiger charge is 2.25. The number of rotatable bonds is 6. The van der Waals surface area contributed by atoms with Gasteiger partial charge in [-0.1, -0.05) is 18.2 Å². The largest absolute Gasteiger partial charge is 0.276 e. The van der Waals surface area contributed by atoms with Crippen molar-refractivity contribution >= 4 is 66.2 Å². The minimum Gasteiger partial charge on any atom is -0.276 e. The summed E-state index contributed by atoms with van der Waals surface area (Å²) < 4.78 is 6.39. The molecule has 9 heterocycles. The second-order valence-corrected chi connectivity index (χ2v) is 15.2. The highest BCUT2D eigenvalue weighted by atomic mass is 15.2. The van der Waals surface area contributed by atoms with Crippen LogP contribution in [-0.2, 0) is 0 Å².